The van der Waals surface area contributed by atoms with Crippen LogP contribution in [0, 0.1) is 12.8 Å². The van der Waals surface area contributed by atoms with Crippen LogP contribution < -0.4 is 4.74 Å². The number of hydrogen-bond acceptors (Lipinski definition) is 3. The minimum Gasteiger partial charge on any atom is -0.477 e. The Morgan fingerprint density at radius 2 is 2.20 bits per heavy atom. The molecule has 3 rings (SSSR count). The first-order chi connectivity index (χ1) is 9.63. The molecule has 4 nitrogen and oxygen atoms in total. The fraction of sp³-hybridized carbons (Fsp3) is 0.375. The molecule has 1 unspecified atom stereocenters. The zero-order valence-corrected chi connectivity index (χ0v) is 11.8. The van der Waals surface area contributed by atoms with Crippen molar-refractivity contribution in [1.82, 2.24) is 9.88 Å². The van der Waals surface area contributed by atoms with E-state index in [4.69, 9.17) is 4.74 Å². The summed E-state index contributed by atoms with van der Waals surface area (Å²) in [6, 6.07) is 10.00. The minimum atomic E-state index is 0.196. The maximum absolute atomic E-state index is 11.5. The van der Waals surface area contributed by atoms with Gasteiger partial charge >= 0.3 is 0 Å². The summed E-state index contributed by atoms with van der Waals surface area (Å²) >= 11 is 0. The van der Waals surface area contributed by atoms with E-state index >= 15 is 0 Å². The van der Waals surface area contributed by atoms with E-state index in [9.17, 15) is 4.79 Å². The average Bonchev–Trinajstić information content (AvgIpc) is 2.76. The summed E-state index contributed by atoms with van der Waals surface area (Å²) in [5, 5.41) is 1.15. The van der Waals surface area contributed by atoms with Crippen LogP contribution in [0.2, 0.25) is 0 Å². The molecule has 1 aromatic heterocycles. The van der Waals surface area contributed by atoms with Crippen molar-refractivity contribution >= 4 is 16.8 Å². The summed E-state index contributed by atoms with van der Waals surface area (Å²) in [6.07, 6.45) is 0.572. The number of hydrogen-bond donors (Lipinski definition) is 0. The van der Waals surface area contributed by atoms with Gasteiger partial charge in [-0.15, -0.1) is 0 Å². The van der Waals surface area contributed by atoms with E-state index in [2.05, 4.69) is 18.0 Å². The molecule has 0 N–H and O–H groups in total. The first kappa shape index (κ1) is 12.9. The fourth-order valence-electron chi connectivity index (χ4n) is 2.66. The second-order valence-corrected chi connectivity index (χ2v) is 5.45. The number of pyridine rings is 1. The van der Waals surface area contributed by atoms with E-state index in [0.29, 0.717) is 18.9 Å². The Morgan fingerprint density at radius 3 is 2.95 bits per heavy atom. The molecular weight excluding hydrogens is 252 g/mol. The lowest BCUT2D eigenvalue weighted by Crippen LogP contribution is -2.20. The number of benzene rings is 1. The normalized spacial score (nSPS) is 18.8. The molecule has 0 spiro atoms. The highest BCUT2D eigenvalue weighted by molar-refractivity contribution is 5.82. The molecule has 104 valence electrons. The second kappa shape index (κ2) is 5.12. The van der Waals surface area contributed by atoms with Gasteiger partial charge in [0.05, 0.1) is 12.1 Å². The van der Waals surface area contributed by atoms with Gasteiger partial charge < -0.3 is 9.64 Å². The molecular formula is C16H18N2O2. The third-order valence-electron chi connectivity index (χ3n) is 3.79. The number of carbonyl (C=O) groups excluding carboxylic acids is 1. The summed E-state index contributed by atoms with van der Waals surface area (Å²) in [4.78, 5) is 17.8. The van der Waals surface area contributed by atoms with Crippen molar-refractivity contribution in [3.8, 4) is 5.88 Å². The van der Waals surface area contributed by atoms with Gasteiger partial charge in [-0.1, -0.05) is 18.2 Å². The molecule has 1 fully saturated rings. The van der Waals surface area contributed by atoms with Crippen LogP contribution >= 0.6 is 0 Å². The third-order valence-corrected chi connectivity index (χ3v) is 3.79. The Hall–Kier alpha value is -2.10. The highest BCUT2D eigenvalue weighted by atomic mass is 16.5. The van der Waals surface area contributed by atoms with Gasteiger partial charge in [0, 0.05) is 37.4 Å². The van der Waals surface area contributed by atoms with Crippen LogP contribution in [-0.2, 0) is 4.79 Å². The number of ether oxygens (including phenoxy) is 1. The Balaban J connectivity index is 1.73. The Morgan fingerprint density at radius 1 is 1.40 bits per heavy atom. The summed E-state index contributed by atoms with van der Waals surface area (Å²) in [5.74, 6) is 1.10. The Labute approximate surface area is 118 Å². The largest absolute Gasteiger partial charge is 0.477 e. The number of likely N-dealkylation sites (tertiary alicyclic amines) is 1. The van der Waals surface area contributed by atoms with Gasteiger partial charge in [-0.25, -0.2) is 4.98 Å². The standard InChI is InChI=1S/C16H18N2O2/c1-11-7-15(17-14-6-4-3-5-13(11)14)20-10-12-8-16(19)18(2)9-12/h3-7,12H,8-10H2,1-2H3. The summed E-state index contributed by atoms with van der Waals surface area (Å²) in [7, 11) is 1.83. The van der Waals surface area contributed by atoms with E-state index in [1.165, 1.54) is 0 Å². The average molecular weight is 270 g/mol. The molecule has 1 aliphatic heterocycles. The highest BCUT2D eigenvalue weighted by Gasteiger charge is 2.27. The van der Waals surface area contributed by atoms with Crippen molar-refractivity contribution in [2.45, 2.75) is 13.3 Å². The third kappa shape index (κ3) is 2.46. The number of fused-ring (bicyclic) bond motifs is 1. The van der Waals surface area contributed by atoms with Crippen LogP contribution in [0.1, 0.15) is 12.0 Å². The zero-order valence-electron chi connectivity index (χ0n) is 11.8. The molecule has 0 aliphatic carbocycles. The van der Waals surface area contributed by atoms with Gasteiger partial charge in [0.15, 0.2) is 0 Å². The molecule has 1 aliphatic rings. The van der Waals surface area contributed by atoms with Crippen molar-refractivity contribution in [2.75, 3.05) is 20.2 Å². The van der Waals surface area contributed by atoms with Crippen LogP contribution in [0.4, 0.5) is 0 Å². The quantitative estimate of drug-likeness (QED) is 0.860. The number of para-hydroxylation sites is 1. The maximum Gasteiger partial charge on any atom is 0.222 e. The number of rotatable bonds is 3. The molecule has 1 amide bonds. The first-order valence-corrected chi connectivity index (χ1v) is 6.86. The molecule has 20 heavy (non-hydrogen) atoms. The van der Waals surface area contributed by atoms with Gasteiger partial charge in [0.2, 0.25) is 11.8 Å². The lowest BCUT2D eigenvalue weighted by Gasteiger charge is -2.12. The molecule has 2 aromatic rings. The summed E-state index contributed by atoms with van der Waals surface area (Å²) in [6.45, 7) is 3.37. The van der Waals surface area contributed by atoms with E-state index < -0.39 is 0 Å². The Kier molecular flexibility index (Phi) is 3.30. The van der Waals surface area contributed by atoms with Crippen LogP contribution in [-0.4, -0.2) is 36.0 Å². The number of amides is 1. The second-order valence-electron chi connectivity index (χ2n) is 5.45. The minimum absolute atomic E-state index is 0.196. The van der Waals surface area contributed by atoms with E-state index in [1.807, 2.05) is 31.3 Å². The van der Waals surface area contributed by atoms with Gasteiger partial charge in [0.25, 0.3) is 0 Å². The number of carbonyl (C=O) groups is 1. The summed E-state index contributed by atoms with van der Waals surface area (Å²) < 4.78 is 5.79. The lowest BCUT2D eigenvalue weighted by molar-refractivity contribution is -0.126. The SMILES string of the molecule is Cc1cc(OCC2CC(=O)N(C)C2)nc2ccccc12. The van der Waals surface area contributed by atoms with Crippen LogP contribution in [0.25, 0.3) is 10.9 Å². The van der Waals surface area contributed by atoms with Crippen LogP contribution in [0.3, 0.4) is 0 Å². The van der Waals surface area contributed by atoms with E-state index in [0.717, 1.165) is 23.0 Å². The first-order valence-electron chi connectivity index (χ1n) is 6.86. The van der Waals surface area contributed by atoms with Gasteiger partial charge in [-0.05, 0) is 18.6 Å². The predicted octanol–water partition coefficient (Wildman–Crippen LogP) is 2.40. The smallest absolute Gasteiger partial charge is 0.222 e. The van der Waals surface area contributed by atoms with E-state index in [1.54, 1.807) is 4.90 Å². The van der Waals surface area contributed by atoms with E-state index in [-0.39, 0.29) is 11.8 Å². The van der Waals surface area contributed by atoms with Crippen LogP contribution in [0.15, 0.2) is 30.3 Å². The molecule has 1 aromatic carbocycles. The molecule has 0 saturated carbocycles. The number of aromatic nitrogens is 1. The van der Waals surface area contributed by atoms with Crippen molar-refractivity contribution < 1.29 is 9.53 Å². The van der Waals surface area contributed by atoms with Crippen molar-refractivity contribution in [1.29, 1.82) is 0 Å². The topological polar surface area (TPSA) is 42.4 Å². The van der Waals surface area contributed by atoms with Crippen molar-refractivity contribution in [3.05, 3.63) is 35.9 Å². The molecule has 1 saturated heterocycles. The van der Waals surface area contributed by atoms with Gasteiger partial charge in [-0.2, -0.15) is 0 Å². The van der Waals surface area contributed by atoms with Crippen molar-refractivity contribution in [2.24, 2.45) is 5.92 Å². The molecule has 2 heterocycles. The molecule has 1 atom stereocenters. The maximum atomic E-state index is 11.5. The monoisotopic (exact) mass is 270 g/mol. The fourth-order valence-corrected chi connectivity index (χ4v) is 2.66. The summed E-state index contributed by atoms with van der Waals surface area (Å²) in [5.41, 5.74) is 2.10. The van der Waals surface area contributed by atoms with Crippen LogP contribution in [0.5, 0.6) is 5.88 Å². The lowest BCUT2D eigenvalue weighted by atomic mass is 10.1. The number of aryl methyl sites for hydroxylation is 1. The highest BCUT2D eigenvalue weighted by Crippen LogP contribution is 2.22. The van der Waals surface area contributed by atoms with Crippen molar-refractivity contribution in [3.63, 3.8) is 0 Å². The molecule has 0 bridgehead atoms. The predicted molar refractivity (Wildman–Crippen MR) is 77.7 cm³/mol. The number of nitrogens with zero attached hydrogens (tertiary/aromatic N) is 2. The van der Waals surface area contributed by atoms with Gasteiger partial charge in [0.1, 0.15) is 0 Å². The Bertz CT molecular complexity index is 654. The molecule has 0 radical (unpaired) electrons. The molecule has 4 heteroatoms. The van der Waals surface area contributed by atoms with Gasteiger partial charge in [-0.3, -0.25) is 4.79 Å². The zero-order chi connectivity index (χ0) is 14.1.